The van der Waals surface area contributed by atoms with E-state index in [0.29, 0.717) is 18.0 Å². The predicted molar refractivity (Wildman–Crippen MR) is 131 cm³/mol. The molecule has 0 aromatic heterocycles. The maximum atomic E-state index is 13.2. The normalized spacial score (nSPS) is 16.2. The number of carbonyl (C=O) groups is 1. The number of sulfonamides is 2. The van der Waals surface area contributed by atoms with Crippen molar-refractivity contribution in [2.24, 2.45) is 0 Å². The van der Waals surface area contributed by atoms with Crippen LogP contribution in [-0.4, -0.2) is 77.0 Å². The Morgan fingerprint density at radius 1 is 0.971 bits per heavy atom. The van der Waals surface area contributed by atoms with Crippen molar-refractivity contribution in [3.63, 3.8) is 0 Å². The smallest absolute Gasteiger partial charge is 0.246 e. The van der Waals surface area contributed by atoms with E-state index in [4.69, 9.17) is 4.74 Å². The van der Waals surface area contributed by atoms with E-state index >= 15 is 0 Å². The number of ether oxygens (including phenoxy) is 1. The van der Waals surface area contributed by atoms with Gasteiger partial charge in [0.2, 0.25) is 26.0 Å². The summed E-state index contributed by atoms with van der Waals surface area (Å²) in [7, 11) is -7.42. The fraction of sp³-hybridized carbons (Fsp3) is 0.435. The van der Waals surface area contributed by atoms with Crippen LogP contribution < -0.4 is 9.04 Å². The molecule has 9 nitrogen and oxygen atoms in total. The monoisotopic (exact) mass is 509 g/mol. The molecule has 34 heavy (non-hydrogen) atoms. The van der Waals surface area contributed by atoms with Crippen molar-refractivity contribution in [1.82, 2.24) is 9.21 Å². The molecule has 2 aromatic rings. The summed E-state index contributed by atoms with van der Waals surface area (Å²) in [5.74, 6) is 0.219. The topological polar surface area (TPSA) is 104 Å². The van der Waals surface area contributed by atoms with Gasteiger partial charge in [-0.25, -0.2) is 16.8 Å². The molecule has 1 heterocycles. The zero-order valence-corrected chi connectivity index (χ0v) is 21.5. The fourth-order valence-electron chi connectivity index (χ4n) is 3.93. The van der Waals surface area contributed by atoms with Crippen LogP contribution in [0.25, 0.3) is 0 Å². The number of carbonyl (C=O) groups excluding carboxylic acids is 1. The summed E-state index contributed by atoms with van der Waals surface area (Å²) >= 11 is 0. The quantitative estimate of drug-likeness (QED) is 0.540. The van der Waals surface area contributed by atoms with Crippen molar-refractivity contribution in [3.05, 3.63) is 54.1 Å². The summed E-state index contributed by atoms with van der Waals surface area (Å²) in [6.07, 6.45) is 1.05. The van der Waals surface area contributed by atoms with Gasteiger partial charge in [0.1, 0.15) is 11.8 Å². The first-order valence-electron chi connectivity index (χ1n) is 11.0. The molecule has 0 bridgehead atoms. The molecular formula is C23H31N3O6S2. The molecule has 0 spiro atoms. The second-order valence-corrected chi connectivity index (χ2v) is 12.0. The van der Waals surface area contributed by atoms with Gasteiger partial charge in [0.15, 0.2) is 0 Å². The van der Waals surface area contributed by atoms with Gasteiger partial charge in [-0.15, -0.1) is 0 Å². The predicted octanol–water partition coefficient (Wildman–Crippen LogP) is 2.08. The Kier molecular flexibility index (Phi) is 7.89. The molecule has 0 N–H and O–H groups in total. The number of nitrogens with zero attached hydrogens (tertiary/aromatic N) is 3. The number of hydrogen-bond acceptors (Lipinski definition) is 6. The van der Waals surface area contributed by atoms with Crippen LogP contribution in [0.5, 0.6) is 5.75 Å². The van der Waals surface area contributed by atoms with Gasteiger partial charge in [-0.05, 0) is 57.2 Å². The second-order valence-electron chi connectivity index (χ2n) is 8.20. The van der Waals surface area contributed by atoms with Gasteiger partial charge in [-0.3, -0.25) is 9.10 Å². The average molecular weight is 510 g/mol. The molecule has 1 fully saturated rings. The SMILES string of the molecule is CCOc1ccc(N([C@H](C)C(=O)N2CCN(S(=O)(=O)c3ccc(C)cc3)CC2)S(C)(=O)=O)cc1. The average Bonchev–Trinajstić information content (AvgIpc) is 2.79. The van der Waals surface area contributed by atoms with Crippen LogP contribution in [0.15, 0.2) is 53.4 Å². The van der Waals surface area contributed by atoms with Crippen LogP contribution in [0.1, 0.15) is 19.4 Å². The van der Waals surface area contributed by atoms with Gasteiger partial charge in [0.25, 0.3) is 0 Å². The Balaban J connectivity index is 1.73. The highest BCUT2D eigenvalue weighted by Gasteiger charge is 2.35. The Hall–Kier alpha value is -2.63. The van der Waals surface area contributed by atoms with Crippen LogP contribution in [-0.2, 0) is 24.8 Å². The Labute approximate surface area is 202 Å². The lowest BCUT2D eigenvalue weighted by atomic mass is 10.2. The third-order valence-electron chi connectivity index (χ3n) is 5.68. The van der Waals surface area contributed by atoms with Crippen LogP contribution in [0.4, 0.5) is 5.69 Å². The molecule has 1 aliphatic heterocycles. The van der Waals surface area contributed by atoms with E-state index in [0.717, 1.165) is 16.1 Å². The minimum Gasteiger partial charge on any atom is -0.494 e. The molecule has 186 valence electrons. The number of piperazine rings is 1. The number of aryl methyl sites for hydroxylation is 1. The Morgan fingerprint density at radius 3 is 2.03 bits per heavy atom. The van der Waals surface area contributed by atoms with Gasteiger partial charge >= 0.3 is 0 Å². The highest BCUT2D eigenvalue weighted by atomic mass is 32.2. The molecule has 0 unspecified atom stereocenters. The first-order valence-corrected chi connectivity index (χ1v) is 14.3. The van der Waals surface area contributed by atoms with Crippen molar-refractivity contribution in [3.8, 4) is 5.75 Å². The van der Waals surface area contributed by atoms with Crippen LogP contribution in [0.3, 0.4) is 0 Å². The number of anilines is 1. The first kappa shape index (κ1) is 26.0. The minimum atomic E-state index is -3.76. The van der Waals surface area contributed by atoms with Gasteiger partial charge in [0.05, 0.1) is 23.4 Å². The van der Waals surface area contributed by atoms with Crippen LogP contribution >= 0.6 is 0 Å². The van der Waals surface area contributed by atoms with Crippen molar-refractivity contribution >= 4 is 31.6 Å². The second kappa shape index (κ2) is 10.3. The van der Waals surface area contributed by atoms with E-state index < -0.39 is 26.1 Å². The molecule has 0 aliphatic carbocycles. The zero-order valence-electron chi connectivity index (χ0n) is 19.8. The summed E-state index contributed by atoms with van der Waals surface area (Å²) in [6.45, 7) is 6.38. The molecule has 0 saturated carbocycles. The van der Waals surface area contributed by atoms with E-state index in [9.17, 15) is 21.6 Å². The highest BCUT2D eigenvalue weighted by Crippen LogP contribution is 2.25. The zero-order chi connectivity index (χ0) is 25.1. The molecular weight excluding hydrogens is 478 g/mol. The van der Waals surface area contributed by atoms with E-state index in [1.54, 1.807) is 48.5 Å². The maximum absolute atomic E-state index is 13.2. The van der Waals surface area contributed by atoms with Gasteiger partial charge in [-0.1, -0.05) is 17.7 Å². The number of amides is 1. The molecule has 11 heteroatoms. The summed E-state index contributed by atoms with van der Waals surface area (Å²) < 4.78 is 58.9. The lowest BCUT2D eigenvalue weighted by molar-refractivity contribution is -0.133. The lowest BCUT2D eigenvalue weighted by Crippen LogP contribution is -2.56. The van der Waals surface area contributed by atoms with E-state index in [1.807, 2.05) is 13.8 Å². The fourth-order valence-corrected chi connectivity index (χ4v) is 6.52. The van der Waals surface area contributed by atoms with Crippen LogP contribution in [0, 0.1) is 6.92 Å². The first-order chi connectivity index (χ1) is 15.9. The summed E-state index contributed by atoms with van der Waals surface area (Å²) in [5, 5.41) is 0. The number of rotatable bonds is 8. The standard InChI is InChI=1S/C23H31N3O6S2/c1-5-32-21-10-8-20(9-11-21)26(33(4,28)29)19(3)23(27)24-14-16-25(17-15-24)34(30,31)22-12-6-18(2)7-13-22/h6-13,19H,5,14-17H2,1-4H3/t19-/m1/s1. The molecule has 3 rings (SSSR count). The van der Waals surface area contributed by atoms with Crippen LogP contribution in [0.2, 0.25) is 0 Å². The van der Waals surface area contributed by atoms with E-state index in [-0.39, 0.29) is 37.0 Å². The molecule has 0 radical (unpaired) electrons. The third kappa shape index (κ3) is 5.70. The molecule has 1 amide bonds. The summed E-state index contributed by atoms with van der Waals surface area (Å²) in [5.41, 5.74) is 1.32. The summed E-state index contributed by atoms with van der Waals surface area (Å²) in [6, 6.07) is 12.2. The number of hydrogen-bond donors (Lipinski definition) is 0. The molecule has 1 atom stereocenters. The maximum Gasteiger partial charge on any atom is 0.246 e. The summed E-state index contributed by atoms with van der Waals surface area (Å²) in [4.78, 5) is 14.9. The van der Waals surface area contributed by atoms with Gasteiger partial charge in [-0.2, -0.15) is 4.31 Å². The molecule has 2 aromatic carbocycles. The molecule has 1 saturated heterocycles. The van der Waals surface area contributed by atoms with Gasteiger partial charge in [0, 0.05) is 26.2 Å². The highest BCUT2D eigenvalue weighted by molar-refractivity contribution is 7.92. The van der Waals surface area contributed by atoms with Crippen molar-refractivity contribution in [2.75, 3.05) is 43.3 Å². The minimum absolute atomic E-state index is 0.136. The van der Waals surface area contributed by atoms with Crippen molar-refractivity contribution in [2.45, 2.75) is 31.7 Å². The molecule has 1 aliphatic rings. The van der Waals surface area contributed by atoms with Crippen molar-refractivity contribution < 1.29 is 26.4 Å². The van der Waals surface area contributed by atoms with E-state index in [2.05, 4.69) is 0 Å². The lowest BCUT2D eigenvalue weighted by Gasteiger charge is -2.37. The van der Waals surface area contributed by atoms with Crippen molar-refractivity contribution in [1.29, 1.82) is 0 Å². The largest absolute Gasteiger partial charge is 0.494 e. The number of benzene rings is 2. The Bertz CT molecular complexity index is 1200. The third-order valence-corrected chi connectivity index (χ3v) is 8.83. The Morgan fingerprint density at radius 2 is 1.53 bits per heavy atom. The van der Waals surface area contributed by atoms with E-state index in [1.165, 1.54) is 16.1 Å². The van der Waals surface area contributed by atoms with Gasteiger partial charge < -0.3 is 9.64 Å².